The second-order valence-corrected chi connectivity index (χ2v) is 6.90. The molecule has 3 atom stereocenters. The summed E-state index contributed by atoms with van der Waals surface area (Å²) in [7, 11) is 0. The molecule has 3 unspecified atom stereocenters. The lowest BCUT2D eigenvalue weighted by Crippen LogP contribution is -2.62. The molecule has 112 valence electrons. The molecule has 2 N–H and O–H groups in total. The summed E-state index contributed by atoms with van der Waals surface area (Å²) >= 11 is 0. The van der Waals surface area contributed by atoms with E-state index in [2.05, 4.69) is 25.7 Å². The molecule has 1 aliphatic heterocycles. The molecule has 19 heavy (non-hydrogen) atoms. The van der Waals surface area contributed by atoms with E-state index in [0.29, 0.717) is 5.92 Å². The maximum Gasteiger partial charge on any atom is 0.0594 e. The molecular formula is C16H32N2O. The molecule has 0 bridgehead atoms. The fraction of sp³-hybridized carbons (Fsp3) is 1.00. The molecule has 2 rings (SSSR count). The first-order valence-electron chi connectivity index (χ1n) is 8.15. The summed E-state index contributed by atoms with van der Waals surface area (Å²) in [6.45, 7) is 10.8. The Labute approximate surface area is 118 Å². The first-order chi connectivity index (χ1) is 9.07. The number of hydrogen-bond donors (Lipinski definition) is 1. The highest BCUT2D eigenvalue weighted by Gasteiger charge is 2.41. The molecule has 0 amide bonds. The van der Waals surface area contributed by atoms with E-state index in [-0.39, 0.29) is 11.6 Å². The Balaban J connectivity index is 2.04. The zero-order valence-corrected chi connectivity index (χ0v) is 13.0. The van der Waals surface area contributed by atoms with Gasteiger partial charge in [0.15, 0.2) is 0 Å². The van der Waals surface area contributed by atoms with Crippen molar-refractivity contribution in [3.63, 3.8) is 0 Å². The van der Waals surface area contributed by atoms with Crippen molar-refractivity contribution in [3.05, 3.63) is 0 Å². The predicted molar refractivity (Wildman–Crippen MR) is 80.2 cm³/mol. The van der Waals surface area contributed by atoms with Crippen molar-refractivity contribution in [2.24, 2.45) is 17.6 Å². The van der Waals surface area contributed by atoms with E-state index in [1.165, 1.54) is 32.1 Å². The Bertz CT molecular complexity index is 274. The maximum absolute atomic E-state index is 6.74. The van der Waals surface area contributed by atoms with E-state index in [9.17, 15) is 0 Å². The van der Waals surface area contributed by atoms with Gasteiger partial charge in [-0.25, -0.2) is 0 Å². The minimum Gasteiger partial charge on any atom is -0.379 e. The number of hydrogen-bond acceptors (Lipinski definition) is 3. The summed E-state index contributed by atoms with van der Waals surface area (Å²) in [5.74, 6) is 1.54. The van der Waals surface area contributed by atoms with Crippen LogP contribution in [0, 0.1) is 11.8 Å². The smallest absolute Gasteiger partial charge is 0.0594 e. The Hall–Kier alpha value is -0.120. The summed E-state index contributed by atoms with van der Waals surface area (Å²) < 4.78 is 5.48. The zero-order chi connectivity index (χ0) is 13.9. The molecule has 1 heterocycles. The average molecular weight is 268 g/mol. The summed E-state index contributed by atoms with van der Waals surface area (Å²) in [5.41, 5.74) is 6.84. The topological polar surface area (TPSA) is 38.5 Å². The standard InChI is InChI=1S/C16H32N2O/c1-4-13-7-5-6-8-14(13)15(17)16(2,3)18-9-11-19-12-10-18/h13-15H,4-12,17H2,1-3H3. The quantitative estimate of drug-likeness (QED) is 0.852. The molecule has 1 aliphatic carbocycles. The van der Waals surface area contributed by atoms with Gasteiger partial charge in [-0.1, -0.05) is 32.6 Å². The third-order valence-corrected chi connectivity index (χ3v) is 5.60. The maximum atomic E-state index is 6.74. The van der Waals surface area contributed by atoms with Gasteiger partial charge in [-0.3, -0.25) is 4.90 Å². The van der Waals surface area contributed by atoms with Crippen LogP contribution in [0.4, 0.5) is 0 Å². The van der Waals surface area contributed by atoms with Gasteiger partial charge in [-0.15, -0.1) is 0 Å². The summed E-state index contributed by atoms with van der Waals surface area (Å²) in [6, 6.07) is 0.288. The zero-order valence-electron chi connectivity index (χ0n) is 13.0. The number of nitrogens with zero attached hydrogens (tertiary/aromatic N) is 1. The van der Waals surface area contributed by atoms with Crippen LogP contribution in [0.25, 0.3) is 0 Å². The van der Waals surface area contributed by atoms with Crippen LogP contribution in [0.1, 0.15) is 52.9 Å². The van der Waals surface area contributed by atoms with E-state index in [1.807, 2.05) is 0 Å². The Morgan fingerprint density at radius 3 is 2.47 bits per heavy atom. The van der Waals surface area contributed by atoms with E-state index in [4.69, 9.17) is 10.5 Å². The number of nitrogens with two attached hydrogens (primary N) is 1. The van der Waals surface area contributed by atoms with E-state index >= 15 is 0 Å². The first-order valence-corrected chi connectivity index (χ1v) is 8.15. The van der Waals surface area contributed by atoms with Gasteiger partial charge in [0, 0.05) is 24.7 Å². The average Bonchev–Trinajstić information content (AvgIpc) is 2.47. The largest absolute Gasteiger partial charge is 0.379 e. The lowest BCUT2D eigenvalue weighted by atomic mass is 9.69. The van der Waals surface area contributed by atoms with Crippen LogP contribution < -0.4 is 5.73 Å². The third-order valence-electron chi connectivity index (χ3n) is 5.60. The molecule has 0 spiro atoms. The normalized spacial score (nSPS) is 32.2. The van der Waals surface area contributed by atoms with Crippen LogP contribution in [0.2, 0.25) is 0 Å². The van der Waals surface area contributed by atoms with Crippen molar-refractivity contribution >= 4 is 0 Å². The number of rotatable bonds is 4. The first kappa shape index (κ1) is 15.3. The molecular weight excluding hydrogens is 236 g/mol. The highest BCUT2D eigenvalue weighted by molar-refractivity contribution is 4.98. The van der Waals surface area contributed by atoms with Crippen LogP contribution in [0.15, 0.2) is 0 Å². The Kier molecular flexibility index (Phi) is 5.27. The number of morpholine rings is 1. The van der Waals surface area contributed by atoms with Crippen LogP contribution in [-0.4, -0.2) is 42.8 Å². The van der Waals surface area contributed by atoms with Crippen LogP contribution >= 0.6 is 0 Å². The highest BCUT2D eigenvalue weighted by Crippen LogP contribution is 2.38. The van der Waals surface area contributed by atoms with Gasteiger partial charge in [0.1, 0.15) is 0 Å². The van der Waals surface area contributed by atoms with Crippen molar-refractivity contribution in [1.82, 2.24) is 4.90 Å². The lowest BCUT2D eigenvalue weighted by Gasteiger charge is -2.49. The molecule has 2 aliphatic rings. The van der Waals surface area contributed by atoms with Gasteiger partial charge in [0.05, 0.1) is 13.2 Å². The lowest BCUT2D eigenvalue weighted by molar-refractivity contribution is -0.0330. The molecule has 2 fully saturated rings. The Morgan fingerprint density at radius 1 is 1.21 bits per heavy atom. The molecule has 0 radical (unpaired) electrons. The minimum atomic E-state index is 0.0964. The minimum absolute atomic E-state index is 0.0964. The Morgan fingerprint density at radius 2 is 1.84 bits per heavy atom. The third kappa shape index (κ3) is 3.32. The SMILES string of the molecule is CCC1CCCCC1C(N)C(C)(C)N1CCOCC1. The van der Waals surface area contributed by atoms with E-state index in [1.54, 1.807) is 0 Å². The predicted octanol–water partition coefficient (Wildman–Crippen LogP) is 2.64. The van der Waals surface area contributed by atoms with Gasteiger partial charge in [0.2, 0.25) is 0 Å². The second kappa shape index (κ2) is 6.55. The highest BCUT2D eigenvalue weighted by atomic mass is 16.5. The van der Waals surface area contributed by atoms with Gasteiger partial charge in [0.25, 0.3) is 0 Å². The summed E-state index contributed by atoms with van der Waals surface area (Å²) in [5, 5.41) is 0. The molecule has 1 saturated carbocycles. The van der Waals surface area contributed by atoms with Crippen molar-refractivity contribution in [2.45, 2.75) is 64.5 Å². The van der Waals surface area contributed by atoms with Crippen LogP contribution in [0.3, 0.4) is 0 Å². The van der Waals surface area contributed by atoms with Gasteiger partial charge in [-0.2, -0.15) is 0 Å². The fourth-order valence-corrected chi connectivity index (χ4v) is 4.09. The van der Waals surface area contributed by atoms with Crippen molar-refractivity contribution in [3.8, 4) is 0 Å². The van der Waals surface area contributed by atoms with Crippen molar-refractivity contribution < 1.29 is 4.74 Å². The van der Waals surface area contributed by atoms with E-state index in [0.717, 1.165) is 32.2 Å². The van der Waals surface area contributed by atoms with Crippen molar-refractivity contribution in [2.75, 3.05) is 26.3 Å². The molecule has 0 aromatic carbocycles. The van der Waals surface area contributed by atoms with Crippen LogP contribution in [-0.2, 0) is 4.74 Å². The fourth-order valence-electron chi connectivity index (χ4n) is 4.09. The monoisotopic (exact) mass is 268 g/mol. The number of ether oxygens (including phenoxy) is 1. The van der Waals surface area contributed by atoms with Gasteiger partial charge >= 0.3 is 0 Å². The molecule has 3 nitrogen and oxygen atoms in total. The molecule has 0 aromatic heterocycles. The van der Waals surface area contributed by atoms with Crippen LogP contribution in [0.5, 0.6) is 0 Å². The van der Waals surface area contributed by atoms with E-state index < -0.39 is 0 Å². The van der Waals surface area contributed by atoms with Gasteiger partial charge in [-0.05, 0) is 32.1 Å². The second-order valence-electron chi connectivity index (χ2n) is 6.90. The molecule has 1 saturated heterocycles. The van der Waals surface area contributed by atoms with Gasteiger partial charge < -0.3 is 10.5 Å². The van der Waals surface area contributed by atoms with Crippen molar-refractivity contribution in [1.29, 1.82) is 0 Å². The molecule has 3 heteroatoms. The summed E-state index contributed by atoms with van der Waals surface area (Å²) in [4.78, 5) is 2.54. The molecule has 0 aromatic rings. The summed E-state index contributed by atoms with van der Waals surface area (Å²) in [6.07, 6.45) is 6.77.